The molecule has 0 radical (unpaired) electrons. The second-order valence-electron chi connectivity index (χ2n) is 7.76. The number of hydrogen-bond donors (Lipinski definition) is 2. The lowest BCUT2D eigenvalue weighted by Crippen LogP contribution is -2.47. The molecule has 1 aromatic rings. The van der Waals surface area contributed by atoms with Crippen molar-refractivity contribution in [3.05, 3.63) is 24.2 Å². The van der Waals surface area contributed by atoms with Crippen LogP contribution in [0.25, 0.3) is 0 Å². The number of rotatable bonds is 5. The maximum atomic E-state index is 5.71. The third kappa shape index (κ3) is 3.62. The quantitative estimate of drug-likeness (QED) is 0.798. The molecule has 2 aliphatic carbocycles. The fourth-order valence-electron chi connectivity index (χ4n) is 4.95. The van der Waals surface area contributed by atoms with E-state index in [0.29, 0.717) is 6.04 Å². The lowest BCUT2D eigenvalue weighted by Gasteiger charge is -2.34. The van der Waals surface area contributed by atoms with Crippen molar-refractivity contribution in [3.8, 4) is 0 Å². The molecular weight excluding hydrogens is 318 g/mol. The minimum atomic E-state index is 0.278. The van der Waals surface area contributed by atoms with Gasteiger partial charge in [0, 0.05) is 12.6 Å². The molecule has 0 amide bonds. The molecule has 4 nitrogen and oxygen atoms in total. The highest BCUT2D eigenvalue weighted by Crippen LogP contribution is 2.44. The first kappa shape index (κ1) is 16.4. The molecule has 3 fully saturated rings. The first-order chi connectivity index (χ1) is 11.8. The normalized spacial score (nSPS) is 31.1. The molecule has 2 N–H and O–H groups in total. The van der Waals surface area contributed by atoms with Crippen molar-refractivity contribution < 1.29 is 4.42 Å². The highest BCUT2D eigenvalue weighted by Gasteiger charge is 2.39. The second-order valence-corrected chi connectivity index (χ2v) is 8.17. The van der Waals surface area contributed by atoms with Gasteiger partial charge >= 0.3 is 0 Å². The number of nitrogens with zero attached hydrogens (tertiary/aromatic N) is 1. The average Bonchev–Trinajstić information content (AvgIpc) is 3.34. The fraction of sp³-hybridized carbons (Fsp3) is 0.737. The van der Waals surface area contributed by atoms with E-state index in [1.807, 2.05) is 6.07 Å². The van der Waals surface area contributed by atoms with E-state index in [4.69, 9.17) is 16.6 Å². The van der Waals surface area contributed by atoms with Gasteiger partial charge < -0.3 is 15.1 Å². The Morgan fingerprint density at radius 2 is 2.12 bits per heavy atom. The molecule has 0 unspecified atom stereocenters. The zero-order chi connectivity index (χ0) is 16.4. The van der Waals surface area contributed by atoms with Crippen LogP contribution in [0.5, 0.6) is 0 Å². The number of likely N-dealkylation sites (tertiary alicyclic amines) is 1. The van der Waals surface area contributed by atoms with Gasteiger partial charge in [0.15, 0.2) is 5.11 Å². The number of furan rings is 1. The third-order valence-electron chi connectivity index (χ3n) is 6.21. The molecule has 2 heterocycles. The van der Waals surface area contributed by atoms with Crippen molar-refractivity contribution in [1.82, 2.24) is 15.5 Å². The van der Waals surface area contributed by atoms with Gasteiger partial charge in [-0.1, -0.05) is 12.8 Å². The molecule has 4 atom stereocenters. The maximum absolute atomic E-state index is 5.71. The van der Waals surface area contributed by atoms with Crippen molar-refractivity contribution in [2.24, 2.45) is 11.8 Å². The van der Waals surface area contributed by atoms with Gasteiger partial charge in [-0.2, -0.15) is 0 Å². The van der Waals surface area contributed by atoms with Crippen LogP contribution in [0.4, 0.5) is 0 Å². The molecule has 1 aromatic heterocycles. The highest BCUT2D eigenvalue weighted by molar-refractivity contribution is 7.80. The molecule has 2 saturated carbocycles. The lowest BCUT2D eigenvalue weighted by molar-refractivity contribution is 0.146. The van der Waals surface area contributed by atoms with Crippen LogP contribution in [-0.2, 0) is 0 Å². The van der Waals surface area contributed by atoms with Crippen LogP contribution >= 0.6 is 12.2 Å². The molecule has 24 heavy (non-hydrogen) atoms. The SMILES string of the molecule is S=C(NC[C@H](c1ccco1)N1CCCCC1)N[C@H]1C[C@@H]2CC[C@@H]1C2. The van der Waals surface area contributed by atoms with Crippen molar-refractivity contribution in [1.29, 1.82) is 0 Å². The monoisotopic (exact) mass is 347 g/mol. The van der Waals surface area contributed by atoms with Gasteiger partial charge in [0.05, 0.1) is 12.3 Å². The molecule has 1 aliphatic heterocycles. The van der Waals surface area contributed by atoms with Gasteiger partial charge in [-0.3, -0.25) is 4.90 Å². The Hall–Kier alpha value is -1.07. The largest absolute Gasteiger partial charge is 0.468 e. The molecular formula is C19H29N3OS. The van der Waals surface area contributed by atoms with Crippen molar-refractivity contribution >= 4 is 17.3 Å². The molecule has 5 heteroatoms. The predicted molar refractivity (Wildman–Crippen MR) is 99.8 cm³/mol. The minimum absolute atomic E-state index is 0.278. The van der Waals surface area contributed by atoms with Crippen molar-refractivity contribution in [2.45, 2.75) is 57.0 Å². The summed E-state index contributed by atoms with van der Waals surface area (Å²) < 4.78 is 5.71. The summed E-state index contributed by atoms with van der Waals surface area (Å²) in [4.78, 5) is 2.54. The van der Waals surface area contributed by atoms with Crippen LogP contribution in [0, 0.1) is 11.8 Å². The average molecular weight is 348 g/mol. The summed E-state index contributed by atoms with van der Waals surface area (Å²) in [6, 6.07) is 4.95. The van der Waals surface area contributed by atoms with Crippen LogP contribution in [0.15, 0.2) is 22.8 Å². The van der Waals surface area contributed by atoms with Crippen LogP contribution in [0.3, 0.4) is 0 Å². The predicted octanol–water partition coefficient (Wildman–Crippen LogP) is 3.46. The summed E-state index contributed by atoms with van der Waals surface area (Å²) in [5.74, 6) is 2.84. The van der Waals surface area contributed by atoms with E-state index in [0.717, 1.165) is 42.3 Å². The van der Waals surface area contributed by atoms with Crippen LogP contribution < -0.4 is 10.6 Å². The maximum Gasteiger partial charge on any atom is 0.166 e. The standard InChI is InChI=1S/C19H29N3OS/c24-19(21-16-12-14-6-7-15(16)11-14)20-13-17(18-5-4-10-23-18)22-8-2-1-3-9-22/h4-5,10,14-17H,1-3,6-9,11-13H2,(H2,20,21,24)/t14-,15-,16+,17-/m1/s1. The summed E-state index contributed by atoms with van der Waals surface area (Å²) in [5, 5.41) is 7.88. The molecule has 4 rings (SSSR count). The van der Waals surface area contributed by atoms with Gasteiger partial charge in [-0.05, 0) is 81.4 Å². The summed E-state index contributed by atoms with van der Waals surface area (Å²) >= 11 is 5.58. The van der Waals surface area contributed by atoms with Gasteiger partial charge in [0.1, 0.15) is 5.76 Å². The summed E-state index contributed by atoms with van der Waals surface area (Å²) in [5.41, 5.74) is 0. The Balaban J connectivity index is 1.32. The summed E-state index contributed by atoms with van der Waals surface area (Å²) in [7, 11) is 0. The topological polar surface area (TPSA) is 40.4 Å². The van der Waals surface area contributed by atoms with E-state index < -0.39 is 0 Å². The molecule has 1 saturated heterocycles. The number of fused-ring (bicyclic) bond motifs is 2. The van der Waals surface area contributed by atoms with Crippen LogP contribution in [0.1, 0.15) is 56.7 Å². The van der Waals surface area contributed by atoms with Crippen LogP contribution in [0.2, 0.25) is 0 Å². The second kappa shape index (κ2) is 7.44. The third-order valence-corrected chi connectivity index (χ3v) is 6.48. The molecule has 0 spiro atoms. The number of hydrogen-bond acceptors (Lipinski definition) is 3. The van der Waals surface area contributed by atoms with Gasteiger partial charge in [0.25, 0.3) is 0 Å². The van der Waals surface area contributed by atoms with Crippen molar-refractivity contribution in [2.75, 3.05) is 19.6 Å². The fourth-order valence-corrected chi connectivity index (χ4v) is 5.19. The Bertz CT molecular complexity index is 541. The van der Waals surface area contributed by atoms with E-state index in [1.165, 1.54) is 44.9 Å². The molecule has 2 bridgehead atoms. The van der Waals surface area contributed by atoms with E-state index in [2.05, 4.69) is 21.6 Å². The van der Waals surface area contributed by atoms with Gasteiger partial charge in [0.2, 0.25) is 0 Å². The zero-order valence-corrected chi connectivity index (χ0v) is 15.2. The zero-order valence-electron chi connectivity index (χ0n) is 14.4. The van der Waals surface area contributed by atoms with Crippen LogP contribution in [-0.4, -0.2) is 35.7 Å². The number of piperidine rings is 1. The highest BCUT2D eigenvalue weighted by atomic mass is 32.1. The first-order valence-corrected chi connectivity index (χ1v) is 10.0. The van der Waals surface area contributed by atoms with Gasteiger partial charge in [-0.25, -0.2) is 0 Å². The molecule has 0 aromatic carbocycles. The Kier molecular flexibility index (Phi) is 5.09. The number of thiocarbonyl (C=S) groups is 1. The summed E-state index contributed by atoms with van der Waals surface area (Å²) in [6.45, 7) is 3.12. The van der Waals surface area contributed by atoms with E-state index in [9.17, 15) is 0 Å². The van der Waals surface area contributed by atoms with E-state index >= 15 is 0 Å². The Labute approximate surface area is 150 Å². The summed E-state index contributed by atoms with van der Waals surface area (Å²) in [6.07, 6.45) is 11.2. The molecule has 3 aliphatic rings. The Morgan fingerprint density at radius 1 is 1.25 bits per heavy atom. The number of nitrogens with one attached hydrogen (secondary N) is 2. The van der Waals surface area contributed by atoms with Gasteiger partial charge in [-0.15, -0.1) is 0 Å². The molecule has 132 valence electrons. The van der Waals surface area contributed by atoms with E-state index in [1.54, 1.807) is 6.26 Å². The van der Waals surface area contributed by atoms with E-state index in [-0.39, 0.29) is 6.04 Å². The minimum Gasteiger partial charge on any atom is -0.468 e. The lowest BCUT2D eigenvalue weighted by atomic mass is 9.95. The smallest absolute Gasteiger partial charge is 0.166 e. The van der Waals surface area contributed by atoms with Crippen molar-refractivity contribution in [3.63, 3.8) is 0 Å². The Morgan fingerprint density at radius 3 is 2.79 bits per heavy atom. The first-order valence-electron chi connectivity index (χ1n) is 9.61.